The molecule has 0 aliphatic rings. The summed E-state index contributed by atoms with van der Waals surface area (Å²) >= 11 is 0.689. The van der Waals surface area contributed by atoms with Crippen LogP contribution in [0.1, 0.15) is 35.6 Å². The van der Waals surface area contributed by atoms with E-state index in [0.29, 0.717) is 11.3 Å². The quantitative estimate of drug-likeness (QED) is 0.180. The third kappa shape index (κ3) is 3.97. The molecule has 0 spiro atoms. The second-order valence-electron chi connectivity index (χ2n) is 9.26. The van der Waals surface area contributed by atoms with Gasteiger partial charge in [-0.2, -0.15) is 0 Å². The van der Waals surface area contributed by atoms with Gasteiger partial charge in [0.05, 0.1) is 35.6 Å². The van der Waals surface area contributed by atoms with Crippen molar-refractivity contribution in [3.05, 3.63) is 157 Å². The minimum atomic E-state index is -1.04. The van der Waals surface area contributed by atoms with Gasteiger partial charge >= 0.3 is 0 Å². The zero-order chi connectivity index (χ0) is 51.0. The first-order valence-corrected chi connectivity index (χ1v) is 13.5. The van der Waals surface area contributed by atoms with Crippen LogP contribution in [0.2, 0.25) is 0 Å². The van der Waals surface area contributed by atoms with Gasteiger partial charge in [0.2, 0.25) is 0 Å². The number of thiophene rings is 1. The highest BCUT2D eigenvalue weighted by molar-refractivity contribution is 7.25. The molecule has 1 heterocycles. The SMILES string of the molecule is [2H]c1c([2H])c(-c2c([2H])c([2H])c(-c3c([2H])c([2H])c4c5c([2H])c([2H])c([2H])c([2H])c5c5c([2H])c([2H])c([2H])c([2H])c5c4c3[2H])c([2H])c2[2H])c([2H])c(-c2c([2H])c([2H])c3c(sc4c([2H])c([2H])c([2H])c([2H])c43)c2[2H])c1[2H]. The molecular weight excluding hydrogens is 537 g/mol. The molecule has 1 aromatic heterocycles. The maximum absolute atomic E-state index is 9.54. The molecule has 0 fully saturated rings. The first kappa shape index (κ1) is 9.91. The fourth-order valence-electron chi connectivity index (χ4n) is 4.86. The summed E-state index contributed by atoms with van der Waals surface area (Å²) < 4.78 is 230. The highest BCUT2D eigenvalue weighted by atomic mass is 32.1. The van der Waals surface area contributed by atoms with E-state index in [1.165, 1.54) is 0 Å². The topological polar surface area (TPSA) is 0 Å². The van der Waals surface area contributed by atoms with Crippen LogP contribution in [-0.2, 0) is 0 Å². The van der Waals surface area contributed by atoms with Crippen molar-refractivity contribution in [2.45, 2.75) is 0 Å². The Kier molecular flexibility index (Phi) is 2.23. The summed E-state index contributed by atoms with van der Waals surface area (Å²) in [5.41, 5.74) is -4.51. The third-order valence-corrected chi connectivity index (χ3v) is 7.84. The molecular formula is C42H26S. The van der Waals surface area contributed by atoms with E-state index >= 15 is 0 Å². The van der Waals surface area contributed by atoms with Crippen molar-refractivity contribution in [2.75, 3.05) is 0 Å². The number of hydrogen-bond acceptors (Lipinski definition) is 1. The Balaban J connectivity index is 1.38. The number of rotatable bonds is 3. The van der Waals surface area contributed by atoms with E-state index in [1.54, 1.807) is 0 Å². The lowest BCUT2D eigenvalue weighted by molar-refractivity contribution is 1.59. The molecule has 0 aliphatic carbocycles. The van der Waals surface area contributed by atoms with Crippen LogP contribution in [0.4, 0.5) is 0 Å². The molecule has 0 unspecified atom stereocenters. The standard InChI is InChI=1S/C42H26S/c1-2-12-35-33(10-1)34-11-3-4-13-36(34)40-25-31(20-22-37(35)40)28-18-16-27(17-19-28)29-8-7-9-30(24-29)32-21-23-39-38-14-5-6-15-41(38)43-42(39)26-32/h1-26H/i1D,2D,3D,4D,5D,6D,7D,8D,9D,10D,11D,12D,13D,14D,15D,16D,17D,18D,19D,20D,21D,22D,23D,24D,25D,26D. The molecule has 8 aromatic carbocycles. The molecule has 0 nitrogen and oxygen atoms in total. The molecule has 0 radical (unpaired) electrons. The maximum atomic E-state index is 9.54. The van der Waals surface area contributed by atoms with E-state index in [0.717, 1.165) is 0 Å². The molecule has 9 rings (SSSR count). The molecule has 43 heavy (non-hydrogen) atoms. The highest BCUT2D eigenvalue weighted by Gasteiger charge is 2.11. The molecule has 0 N–H and O–H groups in total. The largest absolute Gasteiger partial charge is 0.135 e. The number of hydrogen-bond donors (Lipinski definition) is 0. The van der Waals surface area contributed by atoms with Crippen LogP contribution in [0, 0.1) is 0 Å². The molecule has 200 valence electrons. The van der Waals surface area contributed by atoms with Crippen LogP contribution in [0.25, 0.3) is 85.9 Å². The first-order valence-electron chi connectivity index (χ1n) is 25.7. The Morgan fingerprint density at radius 3 is 1.35 bits per heavy atom. The van der Waals surface area contributed by atoms with E-state index < -0.39 is 223 Å². The zero-order valence-electron chi connectivity index (χ0n) is 47.4. The van der Waals surface area contributed by atoms with E-state index in [2.05, 4.69) is 0 Å². The minimum absolute atomic E-state index is 0.0479. The summed E-state index contributed by atoms with van der Waals surface area (Å²) in [6, 6.07) is -21.3. The average molecular weight is 589 g/mol. The van der Waals surface area contributed by atoms with Crippen molar-refractivity contribution in [3.8, 4) is 33.4 Å². The summed E-state index contributed by atoms with van der Waals surface area (Å²) in [5.74, 6) is 0. The van der Waals surface area contributed by atoms with Crippen molar-refractivity contribution in [3.63, 3.8) is 0 Å². The lowest BCUT2D eigenvalue weighted by atomic mass is 9.91. The van der Waals surface area contributed by atoms with Crippen LogP contribution in [-0.4, -0.2) is 0 Å². The van der Waals surface area contributed by atoms with Gasteiger partial charge in [0.15, 0.2) is 0 Å². The Bertz CT molecular complexity index is 3890. The van der Waals surface area contributed by atoms with Gasteiger partial charge in [-0.3, -0.25) is 0 Å². The lowest BCUT2D eigenvalue weighted by Crippen LogP contribution is -1.85. The summed E-state index contributed by atoms with van der Waals surface area (Å²) in [6.07, 6.45) is 0. The Morgan fingerprint density at radius 1 is 0.279 bits per heavy atom. The molecule has 0 saturated heterocycles. The molecule has 0 bridgehead atoms. The number of benzene rings is 8. The highest BCUT2D eigenvalue weighted by Crippen LogP contribution is 2.39. The predicted molar refractivity (Wildman–Crippen MR) is 188 cm³/mol. The van der Waals surface area contributed by atoms with Crippen molar-refractivity contribution >= 4 is 63.8 Å². The van der Waals surface area contributed by atoms with Crippen LogP contribution < -0.4 is 0 Å². The van der Waals surface area contributed by atoms with E-state index in [1.807, 2.05) is 0 Å². The Hall–Kier alpha value is -5.24. The second kappa shape index (κ2) is 9.66. The van der Waals surface area contributed by atoms with E-state index in [9.17, 15) is 12.3 Å². The smallest absolute Gasteiger partial charge is 0.0644 e. The Morgan fingerprint density at radius 2 is 0.698 bits per heavy atom. The summed E-state index contributed by atoms with van der Waals surface area (Å²) in [5, 5.41) is -3.22. The predicted octanol–water partition coefficient (Wildman–Crippen LogP) is 12.5. The fourth-order valence-corrected chi connectivity index (χ4v) is 5.83. The zero-order valence-corrected chi connectivity index (χ0v) is 22.2. The van der Waals surface area contributed by atoms with Gasteiger partial charge in [-0.25, -0.2) is 0 Å². The van der Waals surface area contributed by atoms with Gasteiger partial charge < -0.3 is 0 Å². The van der Waals surface area contributed by atoms with Gasteiger partial charge in [0.25, 0.3) is 0 Å². The molecule has 9 aromatic rings. The Labute approximate surface area is 290 Å². The van der Waals surface area contributed by atoms with Crippen LogP contribution >= 0.6 is 11.3 Å². The minimum Gasteiger partial charge on any atom is -0.135 e. The van der Waals surface area contributed by atoms with Crippen LogP contribution in [0.15, 0.2) is 157 Å². The van der Waals surface area contributed by atoms with Crippen LogP contribution in [0.3, 0.4) is 0 Å². The maximum Gasteiger partial charge on any atom is 0.0644 e. The van der Waals surface area contributed by atoms with Crippen LogP contribution in [0.5, 0.6) is 0 Å². The molecule has 0 atom stereocenters. The van der Waals surface area contributed by atoms with Crippen molar-refractivity contribution < 1.29 is 35.6 Å². The van der Waals surface area contributed by atoms with Crippen molar-refractivity contribution in [1.82, 2.24) is 0 Å². The summed E-state index contributed by atoms with van der Waals surface area (Å²) in [6.45, 7) is 0. The second-order valence-corrected chi connectivity index (χ2v) is 10.3. The van der Waals surface area contributed by atoms with E-state index in [4.69, 9.17) is 23.3 Å². The fraction of sp³-hybridized carbons (Fsp3) is 0. The monoisotopic (exact) mass is 588 g/mol. The first-order chi connectivity index (χ1) is 32.2. The lowest BCUT2D eigenvalue weighted by Gasteiger charge is -2.12. The van der Waals surface area contributed by atoms with Crippen molar-refractivity contribution in [1.29, 1.82) is 0 Å². The summed E-state index contributed by atoms with van der Waals surface area (Å²) in [4.78, 5) is 0. The van der Waals surface area contributed by atoms with Gasteiger partial charge in [-0.05, 0) is 89.9 Å². The third-order valence-electron chi connectivity index (χ3n) is 6.82. The van der Waals surface area contributed by atoms with E-state index in [-0.39, 0.29) is 20.2 Å². The van der Waals surface area contributed by atoms with Gasteiger partial charge in [0.1, 0.15) is 0 Å². The van der Waals surface area contributed by atoms with Gasteiger partial charge in [-0.15, -0.1) is 11.3 Å². The molecule has 0 amide bonds. The average Bonchev–Trinajstić information content (AvgIpc) is 3.73. The molecule has 1 heteroatoms. The number of fused-ring (bicyclic) bond motifs is 9. The molecule has 0 saturated carbocycles. The van der Waals surface area contributed by atoms with Gasteiger partial charge in [0, 0.05) is 20.2 Å². The molecule has 0 aliphatic heterocycles. The van der Waals surface area contributed by atoms with Crippen molar-refractivity contribution in [2.24, 2.45) is 0 Å². The van der Waals surface area contributed by atoms with Gasteiger partial charge in [-0.1, -0.05) is 133 Å². The summed E-state index contributed by atoms with van der Waals surface area (Å²) in [7, 11) is 0. The normalized spacial score (nSPS) is 20.2.